The van der Waals surface area contributed by atoms with Crippen LogP contribution in [0.4, 0.5) is 0 Å². The SMILES string of the molecule is O=C(c1scc2c1CCCC2)N1CC[C@H]2CC[C@@H](C1)N2. The number of hydrogen-bond acceptors (Lipinski definition) is 3. The van der Waals surface area contributed by atoms with E-state index in [0.717, 1.165) is 30.8 Å². The number of rotatable bonds is 1. The lowest BCUT2D eigenvalue weighted by Crippen LogP contribution is -2.39. The van der Waals surface area contributed by atoms with Crippen LogP contribution >= 0.6 is 11.3 Å². The molecule has 0 radical (unpaired) electrons. The molecule has 3 heterocycles. The van der Waals surface area contributed by atoms with Crippen molar-refractivity contribution in [2.75, 3.05) is 13.1 Å². The number of likely N-dealkylation sites (tertiary alicyclic amines) is 1. The van der Waals surface area contributed by atoms with Crippen molar-refractivity contribution in [1.82, 2.24) is 10.2 Å². The summed E-state index contributed by atoms with van der Waals surface area (Å²) in [6, 6.07) is 1.18. The Morgan fingerprint density at radius 3 is 3.00 bits per heavy atom. The molecule has 0 aromatic carbocycles. The predicted molar refractivity (Wildman–Crippen MR) is 81.4 cm³/mol. The Bertz CT molecular complexity index is 525. The summed E-state index contributed by atoms with van der Waals surface area (Å²) in [5, 5.41) is 5.88. The van der Waals surface area contributed by atoms with Crippen molar-refractivity contribution in [1.29, 1.82) is 0 Å². The number of nitrogens with one attached hydrogen (secondary N) is 1. The summed E-state index contributed by atoms with van der Waals surface area (Å²) in [6.45, 7) is 1.84. The van der Waals surface area contributed by atoms with E-state index < -0.39 is 0 Å². The van der Waals surface area contributed by atoms with Crippen molar-refractivity contribution >= 4 is 17.2 Å². The summed E-state index contributed by atoms with van der Waals surface area (Å²) in [7, 11) is 0. The van der Waals surface area contributed by atoms with Crippen molar-refractivity contribution in [3.63, 3.8) is 0 Å². The van der Waals surface area contributed by atoms with Crippen LogP contribution in [0.15, 0.2) is 5.38 Å². The first kappa shape index (κ1) is 12.8. The third-order valence-electron chi connectivity index (χ3n) is 5.11. The van der Waals surface area contributed by atoms with Gasteiger partial charge in [0, 0.05) is 25.2 Å². The van der Waals surface area contributed by atoms with Crippen LogP contribution in [-0.4, -0.2) is 36.0 Å². The van der Waals surface area contributed by atoms with Crippen LogP contribution in [0, 0.1) is 0 Å². The molecule has 108 valence electrons. The zero-order chi connectivity index (χ0) is 13.5. The minimum atomic E-state index is 0.299. The molecule has 2 saturated heterocycles. The van der Waals surface area contributed by atoms with Gasteiger partial charge in [-0.25, -0.2) is 0 Å². The number of amides is 1. The molecule has 2 bridgehead atoms. The van der Waals surface area contributed by atoms with E-state index in [2.05, 4.69) is 15.6 Å². The average Bonchev–Trinajstić information content (AvgIpc) is 3.01. The maximum Gasteiger partial charge on any atom is 0.264 e. The second-order valence-corrected chi connectivity index (χ2v) is 7.33. The lowest BCUT2D eigenvalue weighted by molar-refractivity contribution is 0.0752. The fourth-order valence-electron chi connectivity index (χ4n) is 3.97. The first-order chi connectivity index (χ1) is 9.81. The van der Waals surface area contributed by atoms with Crippen molar-refractivity contribution in [3.8, 4) is 0 Å². The number of aryl methyl sites for hydroxylation is 1. The maximum atomic E-state index is 12.9. The molecule has 4 heteroatoms. The lowest BCUT2D eigenvalue weighted by atomic mass is 9.93. The van der Waals surface area contributed by atoms with Crippen molar-refractivity contribution in [3.05, 3.63) is 21.4 Å². The summed E-state index contributed by atoms with van der Waals surface area (Å²) in [5.41, 5.74) is 2.81. The Kier molecular flexibility index (Phi) is 3.31. The fraction of sp³-hybridized carbons (Fsp3) is 0.688. The van der Waals surface area contributed by atoms with Gasteiger partial charge < -0.3 is 10.2 Å². The number of carbonyl (C=O) groups is 1. The van der Waals surface area contributed by atoms with Crippen LogP contribution in [0.2, 0.25) is 0 Å². The molecule has 2 aliphatic heterocycles. The molecule has 1 aromatic heterocycles. The van der Waals surface area contributed by atoms with Gasteiger partial charge in [0.1, 0.15) is 0 Å². The molecule has 0 unspecified atom stereocenters. The molecule has 2 fully saturated rings. The minimum Gasteiger partial charge on any atom is -0.336 e. The summed E-state index contributed by atoms with van der Waals surface area (Å²) in [6.07, 6.45) is 8.46. The van der Waals surface area contributed by atoms with E-state index in [1.165, 1.54) is 43.2 Å². The summed E-state index contributed by atoms with van der Waals surface area (Å²) in [5.74, 6) is 0.299. The molecule has 2 atom stereocenters. The highest BCUT2D eigenvalue weighted by Crippen LogP contribution is 2.31. The van der Waals surface area contributed by atoms with E-state index in [-0.39, 0.29) is 0 Å². The highest BCUT2D eigenvalue weighted by Gasteiger charge is 2.32. The zero-order valence-electron chi connectivity index (χ0n) is 11.9. The van der Waals surface area contributed by atoms with Crippen molar-refractivity contribution in [2.24, 2.45) is 0 Å². The highest BCUT2D eigenvalue weighted by molar-refractivity contribution is 7.12. The van der Waals surface area contributed by atoms with Gasteiger partial charge in [-0.1, -0.05) is 0 Å². The van der Waals surface area contributed by atoms with Crippen LogP contribution in [0.5, 0.6) is 0 Å². The Morgan fingerprint density at radius 2 is 2.05 bits per heavy atom. The second kappa shape index (κ2) is 5.15. The summed E-state index contributed by atoms with van der Waals surface area (Å²) >= 11 is 1.68. The number of thiophene rings is 1. The third kappa shape index (κ3) is 2.19. The van der Waals surface area contributed by atoms with Crippen molar-refractivity contribution < 1.29 is 4.79 Å². The monoisotopic (exact) mass is 290 g/mol. The predicted octanol–water partition coefficient (Wildman–Crippen LogP) is 2.59. The standard InChI is InChI=1S/C16H22N2OS/c19-16(15-14-4-2-1-3-11(14)10-20-15)18-8-7-12-5-6-13(9-18)17-12/h10,12-13,17H,1-9H2/t12-,13+/m1/s1. The Balaban J connectivity index is 1.56. The molecule has 20 heavy (non-hydrogen) atoms. The largest absolute Gasteiger partial charge is 0.336 e. The van der Waals surface area contributed by atoms with Gasteiger partial charge >= 0.3 is 0 Å². The number of carbonyl (C=O) groups excluding carboxylic acids is 1. The summed E-state index contributed by atoms with van der Waals surface area (Å²) < 4.78 is 0. The number of hydrogen-bond donors (Lipinski definition) is 1. The van der Waals surface area contributed by atoms with Gasteiger partial charge in [-0.05, 0) is 61.5 Å². The zero-order valence-corrected chi connectivity index (χ0v) is 12.7. The molecule has 0 saturated carbocycles. The van der Waals surface area contributed by atoms with Crippen LogP contribution in [-0.2, 0) is 12.8 Å². The van der Waals surface area contributed by atoms with Crippen LogP contribution < -0.4 is 5.32 Å². The summed E-state index contributed by atoms with van der Waals surface area (Å²) in [4.78, 5) is 16.0. The van der Waals surface area contributed by atoms with Gasteiger partial charge in [-0.2, -0.15) is 0 Å². The van der Waals surface area contributed by atoms with E-state index in [9.17, 15) is 4.79 Å². The molecule has 0 spiro atoms. The molecular formula is C16H22N2OS. The number of fused-ring (bicyclic) bond motifs is 3. The molecule has 4 rings (SSSR count). The maximum absolute atomic E-state index is 12.9. The molecule has 1 aromatic rings. The van der Waals surface area contributed by atoms with Crippen LogP contribution in [0.3, 0.4) is 0 Å². The third-order valence-corrected chi connectivity index (χ3v) is 6.17. The molecule has 3 aliphatic rings. The molecule has 1 aliphatic carbocycles. The van der Waals surface area contributed by atoms with Gasteiger partial charge in [0.2, 0.25) is 0 Å². The smallest absolute Gasteiger partial charge is 0.264 e. The lowest BCUT2D eigenvalue weighted by Gasteiger charge is -2.24. The average molecular weight is 290 g/mol. The quantitative estimate of drug-likeness (QED) is 0.862. The highest BCUT2D eigenvalue weighted by atomic mass is 32.1. The minimum absolute atomic E-state index is 0.299. The Morgan fingerprint density at radius 1 is 1.20 bits per heavy atom. The first-order valence-electron chi connectivity index (χ1n) is 7.96. The van der Waals surface area contributed by atoms with E-state index in [0.29, 0.717) is 18.0 Å². The van der Waals surface area contributed by atoms with Gasteiger partial charge in [-0.3, -0.25) is 4.79 Å². The first-order valence-corrected chi connectivity index (χ1v) is 8.84. The van der Waals surface area contributed by atoms with Crippen molar-refractivity contribution in [2.45, 2.75) is 57.0 Å². The topological polar surface area (TPSA) is 32.3 Å². The normalized spacial score (nSPS) is 29.1. The Labute approximate surface area is 124 Å². The van der Waals surface area contributed by atoms with E-state index in [4.69, 9.17) is 0 Å². The van der Waals surface area contributed by atoms with Gasteiger partial charge in [0.25, 0.3) is 5.91 Å². The molecular weight excluding hydrogens is 268 g/mol. The number of nitrogens with zero attached hydrogens (tertiary/aromatic N) is 1. The van der Waals surface area contributed by atoms with E-state index in [1.807, 2.05) is 0 Å². The van der Waals surface area contributed by atoms with Crippen LogP contribution in [0.25, 0.3) is 0 Å². The van der Waals surface area contributed by atoms with Gasteiger partial charge in [-0.15, -0.1) is 11.3 Å². The fourth-order valence-corrected chi connectivity index (χ4v) is 5.10. The van der Waals surface area contributed by atoms with Gasteiger partial charge in [0.15, 0.2) is 0 Å². The molecule has 1 N–H and O–H groups in total. The molecule has 1 amide bonds. The molecule has 3 nitrogen and oxygen atoms in total. The van der Waals surface area contributed by atoms with Gasteiger partial charge in [0.05, 0.1) is 4.88 Å². The van der Waals surface area contributed by atoms with E-state index >= 15 is 0 Å². The van der Waals surface area contributed by atoms with Crippen LogP contribution in [0.1, 0.15) is 52.9 Å². The Hall–Kier alpha value is -0.870. The van der Waals surface area contributed by atoms with E-state index in [1.54, 1.807) is 11.3 Å². The second-order valence-electron chi connectivity index (χ2n) is 6.45.